The van der Waals surface area contributed by atoms with Crippen molar-refractivity contribution in [1.29, 1.82) is 0 Å². The Morgan fingerprint density at radius 3 is 1.83 bits per heavy atom. The van der Waals surface area contributed by atoms with Gasteiger partial charge in [-0.2, -0.15) is 0 Å². The van der Waals surface area contributed by atoms with Crippen LogP contribution in [0.4, 0.5) is 0 Å². The molecule has 1 aliphatic carbocycles. The lowest BCUT2D eigenvalue weighted by atomic mass is 9.81. The van der Waals surface area contributed by atoms with E-state index in [4.69, 9.17) is 0 Å². The summed E-state index contributed by atoms with van der Waals surface area (Å²) in [5.74, 6) is 0.568. The lowest BCUT2D eigenvalue weighted by Crippen LogP contribution is -2.30. The summed E-state index contributed by atoms with van der Waals surface area (Å²) in [6, 6.07) is 24.2. The highest BCUT2D eigenvalue weighted by Crippen LogP contribution is 2.58. The van der Waals surface area contributed by atoms with Gasteiger partial charge in [0.2, 0.25) is 0 Å². The molecule has 1 aromatic heterocycles. The molecule has 3 aromatic rings. The molecule has 0 saturated heterocycles. The number of benzene rings is 2. The molecule has 114 valence electrons. The number of nitrogens with zero attached hydrogens (tertiary/aromatic N) is 1. The van der Waals surface area contributed by atoms with Gasteiger partial charge in [-0.25, -0.2) is 0 Å². The van der Waals surface area contributed by atoms with Crippen LogP contribution in [0, 0.1) is 5.92 Å². The van der Waals surface area contributed by atoms with E-state index in [9.17, 15) is 5.11 Å². The normalized spacial score (nSPS) is 20.2. The predicted octanol–water partition coefficient (Wildman–Crippen LogP) is 4.12. The Balaban J connectivity index is 1.76. The molecular formula is C21H19NO. The molecule has 0 spiro atoms. The lowest BCUT2D eigenvalue weighted by molar-refractivity contribution is 0.0542. The summed E-state index contributed by atoms with van der Waals surface area (Å²) in [6.45, 7) is 0. The van der Waals surface area contributed by atoms with Crippen molar-refractivity contribution in [2.24, 2.45) is 5.92 Å². The van der Waals surface area contributed by atoms with E-state index < -0.39 is 5.60 Å². The Kier molecular flexibility index (Phi) is 3.47. The summed E-state index contributed by atoms with van der Waals surface area (Å²) in [7, 11) is 0. The first-order valence-electron chi connectivity index (χ1n) is 8.03. The minimum atomic E-state index is -0.948. The smallest absolute Gasteiger partial charge is 0.118 e. The highest BCUT2D eigenvalue weighted by atomic mass is 16.3. The van der Waals surface area contributed by atoms with E-state index in [1.54, 1.807) is 0 Å². The maximum Gasteiger partial charge on any atom is 0.118 e. The highest BCUT2D eigenvalue weighted by Gasteiger charge is 2.54. The van der Waals surface area contributed by atoms with Crippen LogP contribution in [0.15, 0.2) is 85.2 Å². The average molecular weight is 301 g/mol. The summed E-state index contributed by atoms with van der Waals surface area (Å²) >= 11 is 0. The monoisotopic (exact) mass is 301 g/mol. The minimum Gasteiger partial charge on any atom is -0.380 e. The van der Waals surface area contributed by atoms with Crippen molar-refractivity contribution >= 4 is 0 Å². The van der Waals surface area contributed by atoms with Crippen molar-refractivity contribution in [1.82, 2.24) is 4.98 Å². The third-order valence-electron chi connectivity index (χ3n) is 4.89. The van der Waals surface area contributed by atoms with Gasteiger partial charge < -0.3 is 5.11 Å². The number of pyridine rings is 1. The van der Waals surface area contributed by atoms with Crippen molar-refractivity contribution in [3.05, 3.63) is 102 Å². The first-order valence-corrected chi connectivity index (χ1v) is 8.03. The molecule has 0 bridgehead atoms. The van der Waals surface area contributed by atoms with E-state index >= 15 is 0 Å². The van der Waals surface area contributed by atoms with E-state index in [0.717, 1.165) is 17.5 Å². The van der Waals surface area contributed by atoms with Gasteiger partial charge >= 0.3 is 0 Å². The Morgan fingerprint density at radius 1 is 0.783 bits per heavy atom. The second kappa shape index (κ2) is 5.64. The van der Waals surface area contributed by atoms with Gasteiger partial charge in [-0.15, -0.1) is 0 Å². The molecule has 0 unspecified atom stereocenters. The summed E-state index contributed by atoms with van der Waals surface area (Å²) < 4.78 is 0. The molecule has 1 aliphatic rings. The van der Waals surface area contributed by atoms with Crippen LogP contribution < -0.4 is 0 Å². The number of aromatic nitrogens is 1. The molecule has 2 aromatic carbocycles. The third-order valence-corrected chi connectivity index (χ3v) is 4.89. The van der Waals surface area contributed by atoms with Crippen LogP contribution in [0.1, 0.15) is 29.0 Å². The molecule has 0 radical (unpaired) electrons. The van der Waals surface area contributed by atoms with Gasteiger partial charge in [-0.1, -0.05) is 60.7 Å². The number of hydrogen-bond acceptors (Lipinski definition) is 2. The van der Waals surface area contributed by atoms with E-state index in [0.29, 0.717) is 5.92 Å². The van der Waals surface area contributed by atoms with Gasteiger partial charge in [-0.3, -0.25) is 4.98 Å². The fourth-order valence-electron chi connectivity index (χ4n) is 3.62. The molecule has 1 N–H and O–H groups in total. The first kappa shape index (κ1) is 14.2. The Labute approximate surface area is 136 Å². The zero-order valence-corrected chi connectivity index (χ0v) is 12.8. The van der Waals surface area contributed by atoms with Gasteiger partial charge in [-0.05, 0) is 41.2 Å². The topological polar surface area (TPSA) is 33.1 Å². The Morgan fingerprint density at radius 2 is 1.30 bits per heavy atom. The van der Waals surface area contributed by atoms with Crippen molar-refractivity contribution < 1.29 is 5.11 Å². The Bertz CT molecular complexity index is 731. The van der Waals surface area contributed by atoms with Crippen LogP contribution in [-0.4, -0.2) is 10.1 Å². The standard InChI is InChI=1S/C21H19NO/c23-21(17-7-3-1-4-8-17,18-9-5-2-6-10-18)20-15-19(20)16-11-13-22-14-12-16/h1-14,19-20,23H,15H2/t19-,20-/m1/s1. The van der Waals surface area contributed by atoms with Crippen LogP contribution in [0.25, 0.3) is 0 Å². The largest absolute Gasteiger partial charge is 0.380 e. The summed E-state index contributed by atoms with van der Waals surface area (Å²) in [5.41, 5.74) is 2.24. The maximum atomic E-state index is 11.7. The van der Waals surface area contributed by atoms with Gasteiger partial charge in [0.1, 0.15) is 5.60 Å². The van der Waals surface area contributed by atoms with Crippen LogP contribution in [0.5, 0.6) is 0 Å². The van der Waals surface area contributed by atoms with Gasteiger partial charge in [0.15, 0.2) is 0 Å². The van der Waals surface area contributed by atoms with Crippen LogP contribution >= 0.6 is 0 Å². The first-order chi connectivity index (χ1) is 11.3. The quantitative estimate of drug-likeness (QED) is 0.786. The number of hydrogen-bond donors (Lipinski definition) is 1. The summed E-state index contributed by atoms with van der Waals surface area (Å²) in [6.07, 6.45) is 4.65. The van der Waals surface area contributed by atoms with E-state index in [1.165, 1.54) is 5.56 Å². The second-order valence-corrected chi connectivity index (χ2v) is 6.23. The second-order valence-electron chi connectivity index (χ2n) is 6.23. The number of rotatable bonds is 4. The highest BCUT2D eigenvalue weighted by molar-refractivity contribution is 5.41. The van der Waals surface area contributed by atoms with Gasteiger partial charge in [0, 0.05) is 18.3 Å². The van der Waals surface area contributed by atoms with E-state index in [1.807, 2.05) is 73.1 Å². The maximum absolute atomic E-state index is 11.7. The molecule has 4 rings (SSSR count). The molecule has 0 amide bonds. The van der Waals surface area contributed by atoms with Crippen molar-refractivity contribution in [2.75, 3.05) is 0 Å². The third kappa shape index (κ3) is 2.45. The zero-order valence-electron chi connectivity index (χ0n) is 12.8. The van der Waals surface area contributed by atoms with E-state index in [-0.39, 0.29) is 5.92 Å². The molecule has 1 heterocycles. The lowest BCUT2D eigenvalue weighted by Gasteiger charge is -2.30. The number of aliphatic hydroxyl groups is 1. The fourth-order valence-corrected chi connectivity index (χ4v) is 3.62. The van der Waals surface area contributed by atoms with Gasteiger partial charge in [0.05, 0.1) is 0 Å². The van der Waals surface area contributed by atoms with Crippen molar-refractivity contribution in [3.8, 4) is 0 Å². The molecule has 23 heavy (non-hydrogen) atoms. The van der Waals surface area contributed by atoms with E-state index in [2.05, 4.69) is 17.1 Å². The van der Waals surface area contributed by atoms with Crippen LogP contribution in [0.3, 0.4) is 0 Å². The molecule has 2 nitrogen and oxygen atoms in total. The van der Waals surface area contributed by atoms with Crippen LogP contribution in [0.2, 0.25) is 0 Å². The summed E-state index contributed by atoms with van der Waals surface area (Å²) in [5, 5.41) is 11.7. The molecular weight excluding hydrogens is 282 g/mol. The molecule has 0 aliphatic heterocycles. The summed E-state index contributed by atoms with van der Waals surface area (Å²) in [4.78, 5) is 4.10. The van der Waals surface area contributed by atoms with Crippen LogP contribution in [-0.2, 0) is 5.60 Å². The van der Waals surface area contributed by atoms with Crippen molar-refractivity contribution in [2.45, 2.75) is 17.9 Å². The molecule has 1 saturated carbocycles. The molecule has 1 fully saturated rings. The minimum absolute atomic E-state index is 0.190. The Hall–Kier alpha value is -2.45. The average Bonchev–Trinajstić information content (AvgIpc) is 3.45. The molecule has 2 heteroatoms. The van der Waals surface area contributed by atoms with Gasteiger partial charge in [0.25, 0.3) is 0 Å². The van der Waals surface area contributed by atoms with Crippen molar-refractivity contribution in [3.63, 3.8) is 0 Å². The predicted molar refractivity (Wildman–Crippen MR) is 91.0 cm³/mol. The molecule has 2 atom stereocenters. The fraction of sp³-hybridized carbons (Fsp3) is 0.190. The zero-order chi connectivity index (χ0) is 15.7. The SMILES string of the molecule is OC(c1ccccc1)(c1ccccc1)[C@@H]1C[C@@H]1c1ccncc1.